The van der Waals surface area contributed by atoms with Crippen molar-refractivity contribution >= 4 is 0 Å². The van der Waals surface area contributed by atoms with E-state index in [1.807, 2.05) is 12.1 Å². The number of phenolic OH excluding ortho intramolecular Hbond substituents is 1. The monoisotopic (exact) mass is 259 g/mol. The molecule has 0 bridgehead atoms. The number of rotatable bonds is 2. The molecule has 1 saturated carbocycles. The first-order valence-electron chi connectivity index (χ1n) is 7.69. The average molecular weight is 259 g/mol. The minimum atomic E-state index is 0.411. The van der Waals surface area contributed by atoms with E-state index in [4.69, 9.17) is 0 Å². The van der Waals surface area contributed by atoms with Gasteiger partial charge in [-0.05, 0) is 74.8 Å². The molecule has 104 valence electrons. The first-order valence-corrected chi connectivity index (χ1v) is 7.69. The number of phenols is 1. The third-order valence-electron chi connectivity index (χ3n) is 5.23. The van der Waals surface area contributed by atoms with E-state index in [1.54, 1.807) is 0 Å². The van der Waals surface area contributed by atoms with Gasteiger partial charge in [0.2, 0.25) is 0 Å². The summed E-state index contributed by atoms with van der Waals surface area (Å²) >= 11 is 0. The second-order valence-corrected chi connectivity index (χ2v) is 6.52. The van der Waals surface area contributed by atoms with Crippen LogP contribution in [0.15, 0.2) is 18.2 Å². The van der Waals surface area contributed by atoms with Gasteiger partial charge in [0.05, 0.1) is 0 Å². The molecule has 0 amide bonds. The van der Waals surface area contributed by atoms with Gasteiger partial charge in [-0.15, -0.1) is 0 Å². The Hall–Kier alpha value is -1.02. The fourth-order valence-corrected chi connectivity index (χ4v) is 3.91. The molecule has 1 N–H and O–H groups in total. The van der Waals surface area contributed by atoms with Crippen molar-refractivity contribution in [2.24, 2.45) is 5.92 Å². The van der Waals surface area contributed by atoms with Crippen LogP contribution in [-0.2, 0) is 6.42 Å². The Morgan fingerprint density at radius 1 is 1.11 bits per heavy atom. The van der Waals surface area contributed by atoms with E-state index >= 15 is 0 Å². The van der Waals surface area contributed by atoms with Crippen LogP contribution in [0.5, 0.6) is 5.75 Å². The van der Waals surface area contributed by atoms with Gasteiger partial charge in [-0.2, -0.15) is 0 Å². The van der Waals surface area contributed by atoms with Gasteiger partial charge in [0.1, 0.15) is 5.75 Å². The Kier molecular flexibility index (Phi) is 3.53. The zero-order chi connectivity index (χ0) is 13.4. The fraction of sp³-hybridized carbons (Fsp3) is 0.647. The Morgan fingerprint density at radius 2 is 1.84 bits per heavy atom. The van der Waals surface area contributed by atoms with Crippen molar-refractivity contribution in [1.29, 1.82) is 0 Å². The number of benzene rings is 1. The summed E-state index contributed by atoms with van der Waals surface area (Å²) in [5.41, 5.74) is 2.79. The van der Waals surface area contributed by atoms with Crippen molar-refractivity contribution in [2.45, 2.75) is 57.5 Å². The van der Waals surface area contributed by atoms with Crippen molar-refractivity contribution < 1.29 is 5.11 Å². The van der Waals surface area contributed by atoms with E-state index < -0.39 is 0 Å². The second-order valence-electron chi connectivity index (χ2n) is 6.52. The van der Waals surface area contributed by atoms with Crippen LogP contribution < -0.4 is 0 Å². The van der Waals surface area contributed by atoms with Gasteiger partial charge >= 0.3 is 0 Å². The molecule has 2 aliphatic carbocycles. The van der Waals surface area contributed by atoms with Gasteiger partial charge in [-0.1, -0.05) is 13.0 Å². The van der Waals surface area contributed by atoms with Gasteiger partial charge in [-0.3, -0.25) is 4.90 Å². The van der Waals surface area contributed by atoms with E-state index in [0.29, 0.717) is 11.8 Å². The zero-order valence-corrected chi connectivity index (χ0v) is 12.1. The van der Waals surface area contributed by atoms with Crippen LogP contribution in [0.25, 0.3) is 0 Å². The molecule has 1 fully saturated rings. The quantitative estimate of drug-likeness (QED) is 0.871. The van der Waals surface area contributed by atoms with Crippen molar-refractivity contribution in [3.63, 3.8) is 0 Å². The number of hydrogen-bond acceptors (Lipinski definition) is 2. The molecular weight excluding hydrogens is 234 g/mol. The van der Waals surface area contributed by atoms with Gasteiger partial charge < -0.3 is 5.11 Å². The molecule has 0 heterocycles. The first-order chi connectivity index (χ1) is 9.15. The van der Waals surface area contributed by atoms with Crippen LogP contribution >= 0.6 is 0 Å². The molecule has 0 saturated heterocycles. The van der Waals surface area contributed by atoms with E-state index in [2.05, 4.69) is 24.9 Å². The molecule has 1 atom stereocenters. The lowest BCUT2D eigenvalue weighted by molar-refractivity contribution is 0.123. The second kappa shape index (κ2) is 5.16. The summed E-state index contributed by atoms with van der Waals surface area (Å²) < 4.78 is 0. The Bertz CT molecular complexity index is 449. The zero-order valence-electron chi connectivity index (χ0n) is 12.1. The summed E-state index contributed by atoms with van der Waals surface area (Å²) in [6.45, 7) is 2.38. The standard InChI is InChI=1S/C17H25NO/c1-12-3-6-14(7-4-12)18(2)17-10-5-13-11-15(19)8-9-16(13)17/h8-9,11-12,14,17,19H,3-7,10H2,1-2H3. The summed E-state index contributed by atoms with van der Waals surface area (Å²) in [4.78, 5) is 2.61. The van der Waals surface area contributed by atoms with E-state index in [0.717, 1.165) is 18.4 Å². The van der Waals surface area contributed by atoms with Crippen molar-refractivity contribution in [3.05, 3.63) is 29.3 Å². The molecule has 2 nitrogen and oxygen atoms in total. The van der Waals surface area contributed by atoms with E-state index in [9.17, 15) is 5.11 Å². The summed E-state index contributed by atoms with van der Waals surface area (Å²) in [6, 6.07) is 7.24. The number of nitrogens with zero attached hydrogens (tertiary/aromatic N) is 1. The maximum atomic E-state index is 9.59. The highest BCUT2D eigenvalue weighted by molar-refractivity contribution is 5.40. The van der Waals surface area contributed by atoms with E-state index in [-0.39, 0.29) is 0 Å². The van der Waals surface area contributed by atoms with Crippen LogP contribution in [0.4, 0.5) is 0 Å². The largest absolute Gasteiger partial charge is 0.508 e. The predicted molar refractivity (Wildman–Crippen MR) is 78.4 cm³/mol. The summed E-state index contributed by atoms with van der Waals surface area (Å²) in [7, 11) is 2.30. The molecular formula is C17H25NO. The molecule has 3 rings (SSSR count). The molecule has 1 aromatic carbocycles. The number of hydrogen-bond donors (Lipinski definition) is 1. The lowest BCUT2D eigenvalue weighted by atomic mass is 9.86. The van der Waals surface area contributed by atoms with Gasteiger partial charge in [-0.25, -0.2) is 0 Å². The normalized spacial score (nSPS) is 30.6. The summed E-state index contributed by atoms with van der Waals surface area (Å²) in [5, 5.41) is 9.59. The maximum absolute atomic E-state index is 9.59. The predicted octanol–water partition coefficient (Wildman–Crippen LogP) is 3.89. The lowest BCUT2D eigenvalue weighted by Gasteiger charge is -2.37. The van der Waals surface area contributed by atoms with Crippen LogP contribution in [0, 0.1) is 5.92 Å². The SMILES string of the molecule is CC1CCC(N(C)C2CCc3cc(O)ccc32)CC1. The Balaban J connectivity index is 1.74. The third-order valence-corrected chi connectivity index (χ3v) is 5.23. The molecule has 1 unspecified atom stereocenters. The van der Waals surface area contributed by atoms with Gasteiger partial charge in [0.15, 0.2) is 0 Å². The van der Waals surface area contributed by atoms with Crippen LogP contribution in [0.3, 0.4) is 0 Å². The molecule has 2 heteroatoms. The Morgan fingerprint density at radius 3 is 2.58 bits per heavy atom. The molecule has 19 heavy (non-hydrogen) atoms. The highest BCUT2D eigenvalue weighted by Gasteiger charge is 2.31. The average Bonchev–Trinajstić information content (AvgIpc) is 2.81. The van der Waals surface area contributed by atoms with Gasteiger partial charge in [0, 0.05) is 12.1 Å². The lowest BCUT2D eigenvalue weighted by Crippen LogP contribution is -2.36. The smallest absolute Gasteiger partial charge is 0.115 e. The highest BCUT2D eigenvalue weighted by Crippen LogP contribution is 2.39. The summed E-state index contributed by atoms with van der Waals surface area (Å²) in [5.74, 6) is 1.33. The van der Waals surface area contributed by atoms with Gasteiger partial charge in [0.25, 0.3) is 0 Å². The van der Waals surface area contributed by atoms with Crippen molar-refractivity contribution in [3.8, 4) is 5.75 Å². The molecule has 0 aliphatic heterocycles. The fourth-order valence-electron chi connectivity index (χ4n) is 3.91. The minimum absolute atomic E-state index is 0.411. The molecule has 0 spiro atoms. The number of aromatic hydroxyl groups is 1. The minimum Gasteiger partial charge on any atom is -0.508 e. The van der Waals surface area contributed by atoms with Crippen molar-refractivity contribution in [2.75, 3.05) is 7.05 Å². The first kappa shape index (κ1) is 13.0. The van der Waals surface area contributed by atoms with Crippen LogP contribution in [0.1, 0.15) is 56.2 Å². The van der Waals surface area contributed by atoms with E-state index in [1.165, 1.54) is 43.2 Å². The Labute approximate surface area is 116 Å². The highest BCUT2D eigenvalue weighted by atomic mass is 16.3. The molecule has 0 radical (unpaired) electrons. The van der Waals surface area contributed by atoms with Crippen molar-refractivity contribution in [1.82, 2.24) is 4.90 Å². The molecule has 1 aromatic rings. The summed E-state index contributed by atoms with van der Waals surface area (Å²) in [6.07, 6.45) is 7.78. The molecule has 0 aromatic heterocycles. The molecule has 2 aliphatic rings. The maximum Gasteiger partial charge on any atom is 0.115 e. The topological polar surface area (TPSA) is 23.5 Å². The van der Waals surface area contributed by atoms with Crippen LogP contribution in [0.2, 0.25) is 0 Å². The van der Waals surface area contributed by atoms with Crippen LogP contribution in [-0.4, -0.2) is 23.1 Å². The number of fused-ring (bicyclic) bond motifs is 1. The number of aryl methyl sites for hydroxylation is 1. The third kappa shape index (κ3) is 2.51.